The number of amides is 2. The first kappa shape index (κ1) is 21.8. The highest BCUT2D eigenvalue weighted by molar-refractivity contribution is 7.80. The number of thiocarbonyl (C=S) groups is 1. The molecule has 0 spiro atoms. The number of rotatable bonds is 4. The Labute approximate surface area is 183 Å². The van der Waals surface area contributed by atoms with Crippen LogP contribution in [0.15, 0.2) is 48.5 Å². The molecule has 1 aliphatic heterocycles. The molecule has 0 unspecified atom stereocenters. The molecule has 30 heavy (non-hydrogen) atoms. The van der Waals surface area contributed by atoms with Gasteiger partial charge in [0.1, 0.15) is 0 Å². The Balaban J connectivity index is 1.63. The Morgan fingerprint density at radius 2 is 1.60 bits per heavy atom. The van der Waals surface area contributed by atoms with Gasteiger partial charge in [-0.2, -0.15) is 0 Å². The van der Waals surface area contributed by atoms with Crippen LogP contribution in [0, 0.1) is 0 Å². The molecule has 0 saturated carbocycles. The number of carbonyl (C=O) groups excluding carboxylic acids is 2. The summed E-state index contributed by atoms with van der Waals surface area (Å²) in [5.41, 5.74) is 3.58. The smallest absolute Gasteiger partial charge is 0.257 e. The average molecular weight is 425 g/mol. The first-order valence-electron chi connectivity index (χ1n) is 10.2. The van der Waals surface area contributed by atoms with Gasteiger partial charge in [-0.25, -0.2) is 0 Å². The van der Waals surface area contributed by atoms with Crippen LogP contribution in [0.1, 0.15) is 42.6 Å². The number of anilines is 2. The second-order valence-electron chi connectivity index (χ2n) is 7.70. The van der Waals surface area contributed by atoms with Gasteiger partial charge in [0.05, 0.1) is 11.4 Å². The summed E-state index contributed by atoms with van der Waals surface area (Å²) < 4.78 is 0. The molecule has 0 bridgehead atoms. The monoisotopic (exact) mass is 424 g/mol. The molecule has 7 heteroatoms. The molecule has 2 amide bonds. The van der Waals surface area contributed by atoms with E-state index in [2.05, 4.69) is 29.4 Å². The number of nitrogens with one attached hydrogen (secondary N) is 2. The number of carbonyl (C=O) groups is 2. The highest BCUT2D eigenvalue weighted by Gasteiger charge is 2.21. The van der Waals surface area contributed by atoms with E-state index in [0.29, 0.717) is 24.6 Å². The minimum absolute atomic E-state index is 0.103. The van der Waals surface area contributed by atoms with E-state index in [1.165, 1.54) is 5.56 Å². The van der Waals surface area contributed by atoms with Crippen LogP contribution >= 0.6 is 12.2 Å². The maximum atomic E-state index is 12.5. The van der Waals surface area contributed by atoms with Gasteiger partial charge in [-0.05, 0) is 48.0 Å². The van der Waals surface area contributed by atoms with Crippen LogP contribution in [0.5, 0.6) is 0 Å². The Morgan fingerprint density at radius 1 is 0.967 bits per heavy atom. The van der Waals surface area contributed by atoms with E-state index in [0.717, 1.165) is 24.5 Å². The quantitative estimate of drug-likeness (QED) is 0.734. The van der Waals surface area contributed by atoms with Crippen LogP contribution < -0.4 is 15.5 Å². The molecule has 1 aliphatic rings. The summed E-state index contributed by atoms with van der Waals surface area (Å²) in [5.74, 6) is 0.278. The van der Waals surface area contributed by atoms with Crippen LogP contribution in [-0.4, -0.2) is 48.0 Å². The van der Waals surface area contributed by atoms with Crippen molar-refractivity contribution >= 4 is 40.5 Å². The Morgan fingerprint density at radius 3 is 2.20 bits per heavy atom. The summed E-state index contributed by atoms with van der Waals surface area (Å²) in [6.07, 6.45) is 0. The summed E-state index contributed by atoms with van der Waals surface area (Å²) in [4.78, 5) is 28.2. The normalized spacial score (nSPS) is 13.9. The van der Waals surface area contributed by atoms with Gasteiger partial charge < -0.3 is 15.1 Å². The molecular formula is C23H28N4O2S. The van der Waals surface area contributed by atoms with E-state index < -0.39 is 0 Å². The molecule has 1 fully saturated rings. The van der Waals surface area contributed by atoms with Crippen molar-refractivity contribution in [2.75, 3.05) is 36.4 Å². The third kappa shape index (κ3) is 5.36. The zero-order chi connectivity index (χ0) is 21.7. The molecule has 0 atom stereocenters. The van der Waals surface area contributed by atoms with Crippen LogP contribution in [0.4, 0.5) is 11.4 Å². The minimum atomic E-state index is -0.240. The van der Waals surface area contributed by atoms with Gasteiger partial charge >= 0.3 is 0 Å². The van der Waals surface area contributed by atoms with Crippen LogP contribution in [-0.2, 0) is 4.79 Å². The van der Waals surface area contributed by atoms with E-state index in [9.17, 15) is 9.59 Å². The highest BCUT2D eigenvalue weighted by Crippen LogP contribution is 2.26. The molecule has 0 radical (unpaired) electrons. The van der Waals surface area contributed by atoms with Gasteiger partial charge in [0.15, 0.2) is 5.11 Å². The summed E-state index contributed by atoms with van der Waals surface area (Å²) in [6, 6.07) is 15.4. The summed E-state index contributed by atoms with van der Waals surface area (Å²) in [5, 5.41) is 6.16. The lowest BCUT2D eigenvalue weighted by Gasteiger charge is -2.36. The van der Waals surface area contributed by atoms with Gasteiger partial charge in [-0.3, -0.25) is 14.9 Å². The average Bonchev–Trinajstić information content (AvgIpc) is 2.74. The fraction of sp³-hybridized carbons (Fsp3) is 0.348. The van der Waals surface area contributed by atoms with E-state index >= 15 is 0 Å². The lowest BCUT2D eigenvalue weighted by atomic mass is 10.0. The molecular weight excluding hydrogens is 396 g/mol. The van der Waals surface area contributed by atoms with Crippen LogP contribution in [0.3, 0.4) is 0 Å². The summed E-state index contributed by atoms with van der Waals surface area (Å²) in [6.45, 7) is 8.72. The molecule has 6 nitrogen and oxygen atoms in total. The Bertz CT molecular complexity index is 919. The largest absolute Gasteiger partial charge is 0.366 e. The van der Waals surface area contributed by atoms with Gasteiger partial charge in [0, 0.05) is 38.7 Å². The fourth-order valence-electron chi connectivity index (χ4n) is 3.47. The molecule has 0 aromatic heterocycles. The molecule has 158 valence electrons. The minimum Gasteiger partial charge on any atom is -0.366 e. The number of hydrogen-bond donors (Lipinski definition) is 2. The maximum Gasteiger partial charge on any atom is 0.257 e. The van der Waals surface area contributed by atoms with Crippen molar-refractivity contribution in [3.05, 3.63) is 59.7 Å². The number of para-hydroxylation sites is 2. The van der Waals surface area contributed by atoms with Gasteiger partial charge in [0.2, 0.25) is 5.91 Å². The second-order valence-corrected chi connectivity index (χ2v) is 8.10. The first-order chi connectivity index (χ1) is 14.3. The highest BCUT2D eigenvalue weighted by atomic mass is 32.1. The van der Waals surface area contributed by atoms with Gasteiger partial charge in [-0.1, -0.05) is 38.1 Å². The fourth-order valence-corrected chi connectivity index (χ4v) is 3.67. The van der Waals surface area contributed by atoms with E-state index in [1.54, 1.807) is 6.92 Å². The third-order valence-corrected chi connectivity index (χ3v) is 5.49. The van der Waals surface area contributed by atoms with E-state index in [-0.39, 0.29) is 16.9 Å². The number of piperazine rings is 1. The zero-order valence-electron chi connectivity index (χ0n) is 17.6. The number of nitrogens with zero attached hydrogens (tertiary/aromatic N) is 2. The number of hydrogen-bond acceptors (Lipinski definition) is 4. The van der Waals surface area contributed by atoms with E-state index in [1.807, 2.05) is 53.4 Å². The third-order valence-electron chi connectivity index (χ3n) is 5.28. The SMILES string of the molecule is CC(=O)N1CCN(c2ccccc2NC(=S)NC(=O)c2ccc(C(C)C)cc2)CC1. The standard InChI is InChI=1S/C23H28N4O2S/c1-16(2)18-8-10-19(11-9-18)22(29)25-23(30)24-20-6-4-5-7-21(20)27-14-12-26(13-15-27)17(3)28/h4-11,16H,12-15H2,1-3H3,(H2,24,25,29,30). The van der Waals surface area contributed by atoms with E-state index in [4.69, 9.17) is 12.2 Å². The molecule has 1 saturated heterocycles. The topological polar surface area (TPSA) is 64.7 Å². The molecule has 2 N–H and O–H groups in total. The summed E-state index contributed by atoms with van der Waals surface area (Å²) in [7, 11) is 0. The van der Waals surface area contributed by atoms with Crippen LogP contribution in [0.2, 0.25) is 0 Å². The second kappa shape index (κ2) is 9.71. The molecule has 2 aromatic carbocycles. The van der Waals surface area contributed by atoms with Crippen molar-refractivity contribution < 1.29 is 9.59 Å². The predicted octanol–water partition coefficient (Wildman–Crippen LogP) is 3.61. The van der Waals surface area contributed by atoms with Crippen molar-refractivity contribution in [2.45, 2.75) is 26.7 Å². The lowest BCUT2D eigenvalue weighted by Crippen LogP contribution is -2.48. The molecule has 3 rings (SSSR count). The van der Waals surface area contributed by atoms with Gasteiger partial charge in [0.25, 0.3) is 5.91 Å². The Kier molecular flexibility index (Phi) is 7.05. The zero-order valence-corrected chi connectivity index (χ0v) is 18.5. The molecule has 0 aliphatic carbocycles. The van der Waals surface area contributed by atoms with Crippen LogP contribution in [0.25, 0.3) is 0 Å². The molecule has 2 aromatic rings. The lowest BCUT2D eigenvalue weighted by molar-refractivity contribution is -0.129. The Hall–Kier alpha value is -2.93. The van der Waals surface area contributed by atoms with Gasteiger partial charge in [-0.15, -0.1) is 0 Å². The predicted molar refractivity (Wildman–Crippen MR) is 125 cm³/mol. The number of benzene rings is 2. The van der Waals surface area contributed by atoms with Crippen molar-refractivity contribution in [3.8, 4) is 0 Å². The first-order valence-corrected chi connectivity index (χ1v) is 10.6. The summed E-state index contributed by atoms with van der Waals surface area (Å²) >= 11 is 5.38. The molecule has 1 heterocycles. The van der Waals surface area contributed by atoms with Crippen molar-refractivity contribution in [3.63, 3.8) is 0 Å². The maximum absolute atomic E-state index is 12.5. The van der Waals surface area contributed by atoms with Crippen molar-refractivity contribution in [1.82, 2.24) is 10.2 Å². The van der Waals surface area contributed by atoms with Crippen molar-refractivity contribution in [1.29, 1.82) is 0 Å². The van der Waals surface area contributed by atoms with Crippen molar-refractivity contribution in [2.24, 2.45) is 0 Å².